The topological polar surface area (TPSA) is 82.8 Å². The molecule has 34 heavy (non-hydrogen) atoms. The van der Waals surface area contributed by atoms with Crippen molar-refractivity contribution in [2.24, 2.45) is 0 Å². The standard InChI is InChI=1S/C28H34N2O4/c1-18(2)33-26-16-28(34-25-8-5-21(17-29)15-24(25)26)9-11-30(12-10-28)27(32)23-7-6-22(14-20(4)31)19(3)13-23/h5-8,13,15,18,20,26,31H,9-12,14,16H2,1-4H3. The van der Waals surface area contributed by atoms with Gasteiger partial charge in [0.15, 0.2) is 0 Å². The number of carbonyl (C=O) groups excluding carboxylic acids is 1. The molecule has 0 saturated carbocycles. The molecule has 6 nitrogen and oxygen atoms in total. The summed E-state index contributed by atoms with van der Waals surface area (Å²) in [4.78, 5) is 15.1. The Morgan fingerprint density at radius 1 is 1.24 bits per heavy atom. The lowest BCUT2D eigenvalue weighted by Crippen LogP contribution is -2.52. The van der Waals surface area contributed by atoms with Gasteiger partial charge in [0, 0.05) is 43.5 Å². The summed E-state index contributed by atoms with van der Waals surface area (Å²) >= 11 is 0. The van der Waals surface area contributed by atoms with Gasteiger partial charge < -0.3 is 19.5 Å². The Morgan fingerprint density at radius 2 is 1.97 bits per heavy atom. The van der Waals surface area contributed by atoms with Crippen LogP contribution < -0.4 is 4.74 Å². The third-order valence-corrected chi connectivity index (χ3v) is 6.87. The monoisotopic (exact) mass is 462 g/mol. The molecule has 0 aromatic heterocycles. The molecule has 6 heteroatoms. The molecule has 2 aromatic rings. The number of ether oxygens (including phenoxy) is 2. The number of hydrogen-bond acceptors (Lipinski definition) is 5. The number of nitrogens with zero attached hydrogens (tertiary/aromatic N) is 2. The predicted octanol–water partition coefficient (Wildman–Crippen LogP) is 4.71. The Hall–Kier alpha value is -2.88. The van der Waals surface area contributed by atoms with Crippen LogP contribution in [-0.4, -0.2) is 46.8 Å². The SMILES string of the molecule is Cc1cc(C(=O)N2CCC3(CC2)CC(OC(C)C)c2cc(C#N)ccc2O3)ccc1CC(C)O. The van der Waals surface area contributed by atoms with Crippen LogP contribution in [0.1, 0.15) is 78.7 Å². The third kappa shape index (κ3) is 5.11. The van der Waals surface area contributed by atoms with Gasteiger partial charge in [-0.2, -0.15) is 5.26 Å². The fourth-order valence-corrected chi connectivity index (χ4v) is 5.12. The van der Waals surface area contributed by atoms with Crippen molar-refractivity contribution in [2.75, 3.05) is 13.1 Å². The van der Waals surface area contributed by atoms with Gasteiger partial charge in [0.05, 0.1) is 29.9 Å². The number of nitriles is 1. The second-order valence-corrected chi connectivity index (χ2v) is 10.0. The van der Waals surface area contributed by atoms with E-state index in [4.69, 9.17) is 9.47 Å². The number of likely N-dealkylation sites (tertiary alicyclic amines) is 1. The van der Waals surface area contributed by atoms with Gasteiger partial charge in [-0.25, -0.2) is 0 Å². The Balaban J connectivity index is 1.48. The van der Waals surface area contributed by atoms with Gasteiger partial charge in [-0.15, -0.1) is 0 Å². The van der Waals surface area contributed by atoms with Crippen molar-refractivity contribution < 1.29 is 19.4 Å². The van der Waals surface area contributed by atoms with E-state index >= 15 is 0 Å². The van der Waals surface area contributed by atoms with Crippen LogP contribution in [0.3, 0.4) is 0 Å². The van der Waals surface area contributed by atoms with Crippen LogP contribution in [0.2, 0.25) is 0 Å². The highest BCUT2D eigenvalue weighted by molar-refractivity contribution is 5.94. The van der Waals surface area contributed by atoms with E-state index in [1.807, 2.05) is 56.0 Å². The number of amides is 1. The summed E-state index contributed by atoms with van der Waals surface area (Å²) in [6.07, 6.45) is 2.27. The van der Waals surface area contributed by atoms with Gasteiger partial charge in [0.2, 0.25) is 0 Å². The van der Waals surface area contributed by atoms with Gasteiger partial charge in [-0.3, -0.25) is 4.79 Å². The maximum atomic E-state index is 13.2. The van der Waals surface area contributed by atoms with Gasteiger partial charge in [-0.05, 0) is 75.6 Å². The zero-order valence-electron chi connectivity index (χ0n) is 20.5. The minimum atomic E-state index is -0.408. The number of aryl methyl sites for hydroxylation is 1. The zero-order valence-corrected chi connectivity index (χ0v) is 20.5. The predicted molar refractivity (Wildman–Crippen MR) is 130 cm³/mol. The number of rotatable bonds is 5. The molecule has 0 radical (unpaired) electrons. The smallest absolute Gasteiger partial charge is 0.253 e. The van der Waals surface area contributed by atoms with E-state index in [0.29, 0.717) is 37.1 Å². The van der Waals surface area contributed by atoms with E-state index < -0.39 is 6.10 Å². The number of hydrogen-bond donors (Lipinski definition) is 1. The van der Waals surface area contributed by atoms with E-state index in [1.165, 1.54) is 0 Å². The first-order valence-electron chi connectivity index (χ1n) is 12.1. The number of piperidine rings is 1. The van der Waals surface area contributed by atoms with Crippen LogP contribution in [0.4, 0.5) is 0 Å². The lowest BCUT2D eigenvalue weighted by Gasteiger charge is -2.47. The number of benzene rings is 2. The summed E-state index contributed by atoms with van der Waals surface area (Å²) < 4.78 is 12.8. The maximum absolute atomic E-state index is 13.2. The van der Waals surface area contributed by atoms with Crippen molar-refractivity contribution in [3.05, 3.63) is 64.2 Å². The van der Waals surface area contributed by atoms with Crippen molar-refractivity contribution in [3.63, 3.8) is 0 Å². The van der Waals surface area contributed by atoms with Crippen molar-refractivity contribution >= 4 is 5.91 Å². The molecular weight excluding hydrogens is 428 g/mol. The van der Waals surface area contributed by atoms with E-state index in [2.05, 4.69) is 6.07 Å². The van der Waals surface area contributed by atoms with Crippen molar-refractivity contribution in [2.45, 2.75) is 77.3 Å². The number of aliphatic hydroxyl groups is 1. The summed E-state index contributed by atoms with van der Waals surface area (Å²) in [6.45, 7) is 9.03. The Labute approximate surface area is 202 Å². The highest BCUT2D eigenvalue weighted by Crippen LogP contribution is 2.46. The molecule has 1 spiro atoms. The minimum absolute atomic E-state index is 0.0337. The van der Waals surface area contributed by atoms with Crippen molar-refractivity contribution in [1.29, 1.82) is 5.26 Å². The second-order valence-electron chi connectivity index (χ2n) is 10.0. The molecule has 0 aliphatic carbocycles. The summed E-state index contributed by atoms with van der Waals surface area (Å²) in [5.41, 5.74) is 3.93. The molecule has 2 atom stereocenters. The molecule has 2 heterocycles. The van der Waals surface area contributed by atoms with Crippen LogP contribution in [0.5, 0.6) is 5.75 Å². The molecule has 1 saturated heterocycles. The van der Waals surface area contributed by atoms with Gasteiger partial charge >= 0.3 is 0 Å². The molecule has 0 bridgehead atoms. The molecule has 4 rings (SSSR count). The van der Waals surface area contributed by atoms with E-state index in [9.17, 15) is 15.2 Å². The van der Waals surface area contributed by atoms with Crippen LogP contribution >= 0.6 is 0 Å². The lowest BCUT2D eigenvalue weighted by atomic mass is 9.81. The molecule has 2 aliphatic rings. The van der Waals surface area contributed by atoms with E-state index in [-0.39, 0.29) is 23.7 Å². The fourth-order valence-electron chi connectivity index (χ4n) is 5.12. The molecule has 2 unspecified atom stereocenters. The summed E-state index contributed by atoms with van der Waals surface area (Å²) in [5, 5.41) is 19.0. The summed E-state index contributed by atoms with van der Waals surface area (Å²) in [5.74, 6) is 0.811. The van der Waals surface area contributed by atoms with Crippen LogP contribution in [0, 0.1) is 18.3 Å². The molecule has 2 aliphatic heterocycles. The average molecular weight is 463 g/mol. The van der Waals surface area contributed by atoms with Crippen molar-refractivity contribution in [3.8, 4) is 11.8 Å². The van der Waals surface area contributed by atoms with Crippen LogP contribution in [-0.2, 0) is 11.2 Å². The molecule has 2 aromatic carbocycles. The van der Waals surface area contributed by atoms with Gasteiger partial charge in [-0.1, -0.05) is 6.07 Å². The largest absolute Gasteiger partial charge is 0.487 e. The van der Waals surface area contributed by atoms with E-state index in [1.54, 1.807) is 13.0 Å². The average Bonchev–Trinajstić information content (AvgIpc) is 2.79. The normalized spacial score (nSPS) is 19.9. The molecule has 1 amide bonds. The zero-order chi connectivity index (χ0) is 24.5. The molecule has 1 N–H and O–H groups in total. The Kier molecular flexibility index (Phi) is 6.97. The molecule has 180 valence electrons. The highest BCUT2D eigenvalue weighted by Gasteiger charge is 2.44. The minimum Gasteiger partial charge on any atom is -0.487 e. The molecular formula is C28H34N2O4. The van der Waals surface area contributed by atoms with Gasteiger partial charge in [0.1, 0.15) is 11.4 Å². The summed E-state index contributed by atoms with van der Waals surface area (Å²) in [6, 6.07) is 13.5. The summed E-state index contributed by atoms with van der Waals surface area (Å²) in [7, 11) is 0. The number of aliphatic hydroxyl groups excluding tert-OH is 1. The highest BCUT2D eigenvalue weighted by atomic mass is 16.5. The Bertz CT molecular complexity index is 1090. The fraction of sp³-hybridized carbons (Fsp3) is 0.500. The second kappa shape index (κ2) is 9.77. The van der Waals surface area contributed by atoms with Crippen LogP contribution in [0.15, 0.2) is 36.4 Å². The quantitative estimate of drug-likeness (QED) is 0.696. The number of fused-ring (bicyclic) bond motifs is 1. The molecule has 1 fully saturated rings. The number of carbonyl (C=O) groups is 1. The Morgan fingerprint density at radius 3 is 2.59 bits per heavy atom. The third-order valence-electron chi connectivity index (χ3n) is 6.87. The first-order chi connectivity index (χ1) is 16.2. The van der Waals surface area contributed by atoms with Crippen molar-refractivity contribution in [1.82, 2.24) is 4.90 Å². The first kappa shape index (κ1) is 24.3. The van der Waals surface area contributed by atoms with E-state index in [0.717, 1.165) is 35.3 Å². The van der Waals surface area contributed by atoms with Crippen LogP contribution in [0.25, 0.3) is 0 Å². The lowest BCUT2D eigenvalue weighted by molar-refractivity contribution is -0.0872. The van der Waals surface area contributed by atoms with Gasteiger partial charge in [0.25, 0.3) is 5.91 Å². The first-order valence-corrected chi connectivity index (χ1v) is 12.1. The maximum Gasteiger partial charge on any atom is 0.253 e.